The Kier molecular flexibility index (Phi) is 4.61. The molecule has 2 aromatic carbocycles. The van der Waals surface area contributed by atoms with Gasteiger partial charge < -0.3 is 15.0 Å². The Morgan fingerprint density at radius 1 is 1.04 bits per heavy atom. The number of esters is 1. The molecule has 0 saturated heterocycles. The number of nitrogens with two attached hydrogens (primary N) is 1. The summed E-state index contributed by atoms with van der Waals surface area (Å²) in [6.45, 7) is 6.14. The van der Waals surface area contributed by atoms with Gasteiger partial charge in [-0.1, -0.05) is 30.3 Å². The monoisotopic (exact) mass is 334 g/mol. The number of nitrogens with zero attached hydrogens (tertiary/aromatic N) is 1. The molecule has 1 aromatic heterocycles. The van der Waals surface area contributed by atoms with Crippen LogP contribution in [-0.2, 0) is 4.74 Å². The van der Waals surface area contributed by atoms with Crippen molar-refractivity contribution in [3.05, 3.63) is 71.4 Å². The third kappa shape index (κ3) is 3.03. The number of aromatic nitrogens is 1. The predicted molar refractivity (Wildman–Crippen MR) is 101 cm³/mol. The van der Waals surface area contributed by atoms with E-state index < -0.39 is 0 Å². The van der Waals surface area contributed by atoms with Crippen LogP contribution in [0.2, 0.25) is 0 Å². The second-order valence-corrected chi connectivity index (χ2v) is 5.95. The topological polar surface area (TPSA) is 57.2 Å². The highest BCUT2D eigenvalue weighted by Gasteiger charge is 2.25. The van der Waals surface area contributed by atoms with E-state index in [0.717, 1.165) is 28.2 Å². The third-order valence-electron chi connectivity index (χ3n) is 4.39. The number of rotatable bonds is 4. The normalized spacial score (nSPS) is 10.7. The Morgan fingerprint density at radius 2 is 1.68 bits per heavy atom. The van der Waals surface area contributed by atoms with E-state index in [1.54, 1.807) is 0 Å². The molecule has 1 heterocycles. The van der Waals surface area contributed by atoms with Gasteiger partial charge in [0.1, 0.15) is 0 Å². The number of hydrogen-bond acceptors (Lipinski definition) is 3. The molecule has 3 aromatic rings. The highest BCUT2D eigenvalue weighted by atomic mass is 16.5. The standard InChI is InChI=1S/C21H22N2O2/c1-4-25-21(24)19-14(2)15(3)23(18-12-10-17(22)11-13-18)20(19)16-8-6-5-7-9-16/h5-13H,4,22H2,1-3H3. The molecule has 25 heavy (non-hydrogen) atoms. The lowest BCUT2D eigenvalue weighted by Gasteiger charge is -2.13. The van der Waals surface area contributed by atoms with Crippen LogP contribution in [0.4, 0.5) is 5.69 Å². The summed E-state index contributed by atoms with van der Waals surface area (Å²) in [7, 11) is 0. The van der Waals surface area contributed by atoms with Crippen molar-refractivity contribution in [1.82, 2.24) is 4.57 Å². The number of hydrogen-bond donors (Lipinski definition) is 1. The van der Waals surface area contributed by atoms with Gasteiger partial charge in [0.25, 0.3) is 0 Å². The molecular formula is C21H22N2O2. The van der Waals surface area contributed by atoms with Gasteiger partial charge in [0, 0.05) is 17.1 Å². The zero-order chi connectivity index (χ0) is 18.0. The first-order valence-electron chi connectivity index (χ1n) is 8.35. The summed E-state index contributed by atoms with van der Waals surface area (Å²) in [5.41, 5.74) is 11.9. The van der Waals surface area contributed by atoms with Crippen LogP contribution in [0.1, 0.15) is 28.5 Å². The number of carbonyl (C=O) groups is 1. The van der Waals surface area contributed by atoms with Gasteiger partial charge >= 0.3 is 5.97 Å². The molecule has 0 bridgehead atoms. The summed E-state index contributed by atoms with van der Waals surface area (Å²) >= 11 is 0. The van der Waals surface area contributed by atoms with Crippen molar-refractivity contribution in [1.29, 1.82) is 0 Å². The highest BCUT2D eigenvalue weighted by Crippen LogP contribution is 2.34. The van der Waals surface area contributed by atoms with E-state index in [4.69, 9.17) is 10.5 Å². The summed E-state index contributed by atoms with van der Waals surface area (Å²) in [4.78, 5) is 12.7. The van der Waals surface area contributed by atoms with Crippen LogP contribution in [0.3, 0.4) is 0 Å². The molecule has 0 unspecified atom stereocenters. The van der Waals surface area contributed by atoms with Gasteiger partial charge in [-0.2, -0.15) is 0 Å². The lowest BCUT2D eigenvalue weighted by molar-refractivity contribution is 0.0526. The molecule has 0 aliphatic heterocycles. The highest BCUT2D eigenvalue weighted by molar-refractivity contribution is 5.99. The number of benzene rings is 2. The van der Waals surface area contributed by atoms with E-state index >= 15 is 0 Å². The van der Waals surface area contributed by atoms with Crippen LogP contribution in [0, 0.1) is 13.8 Å². The molecule has 0 atom stereocenters. The molecule has 0 fully saturated rings. The van der Waals surface area contributed by atoms with Gasteiger partial charge in [-0.15, -0.1) is 0 Å². The summed E-state index contributed by atoms with van der Waals surface area (Å²) in [6, 6.07) is 17.6. The molecule has 2 N–H and O–H groups in total. The van der Waals surface area contributed by atoms with Gasteiger partial charge in [0.05, 0.1) is 17.9 Å². The Balaban J connectivity index is 2.32. The molecule has 4 nitrogen and oxygen atoms in total. The Morgan fingerprint density at radius 3 is 2.28 bits per heavy atom. The van der Waals surface area contributed by atoms with Crippen molar-refractivity contribution in [3.8, 4) is 16.9 Å². The third-order valence-corrected chi connectivity index (χ3v) is 4.39. The molecule has 4 heteroatoms. The smallest absolute Gasteiger partial charge is 0.340 e. The molecule has 0 aliphatic carbocycles. The van der Waals surface area contributed by atoms with E-state index in [9.17, 15) is 4.79 Å². The quantitative estimate of drug-likeness (QED) is 0.564. The van der Waals surface area contributed by atoms with Crippen molar-refractivity contribution < 1.29 is 9.53 Å². The summed E-state index contributed by atoms with van der Waals surface area (Å²) < 4.78 is 7.42. The SMILES string of the molecule is CCOC(=O)c1c(C)c(C)n(-c2ccc(N)cc2)c1-c1ccccc1. The van der Waals surface area contributed by atoms with Crippen molar-refractivity contribution in [3.63, 3.8) is 0 Å². The van der Waals surface area contributed by atoms with Gasteiger partial charge in [-0.25, -0.2) is 4.79 Å². The van der Waals surface area contributed by atoms with E-state index in [2.05, 4.69) is 4.57 Å². The molecule has 0 spiro atoms. The van der Waals surface area contributed by atoms with E-state index in [1.807, 2.05) is 75.4 Å². The number of anilines is 1. The van der Waals surface area contributed by atoms with Gasteiger partial charge in [0.15, 0.2) is 0 Å². The van der Waals surface area contributed by atoms with Crippen LogP contribution in [0.25, 0.3) is 16.9 Å². The molecule has 3 rings (SSSR count). The fraction of sp³-hybridized carbons (Fsp3) is 0.190. The van der Waals surface area contributed by atoms with Crippen molar-refractivity contribution >= 4 is 11.7 Å². The average molecular weight is 334 g/mol. The maximum atomic E-state index is 12.7. The molecule has 0 radical (unpaired) electrons. The van der Waals surface area contributed by atoms with Crippen LogP contribution in [-0.4, -0.2) is 17.1 Å². The number of ether oxygens (including phenoxy) is 1. The number of carbonyl (C=O) groups excluding carboxylic acids is 1. The average Bonchev–Trinajstić information content (AvgIpc) is 2.88. The molecule has 0 aliphatic rings. The maximum Gasteiger partial charge on any atom is 0.340 e. The van der Waals surface area contributed by atoms with Crippen LogP contribution >= 0.6 is 0 Å². The lowest BCUT2D eigenvalue weighted by atomic mass is 10.0. The minimum atomic E-state index is -0.295. The van der Waals surface area contributed by atoms with E-state index in [1.165, 1.54) is 0 Å². The Hall–Kier alpha value is -3.01. The second-order valence-electron chi connectivity index (χ2n) is 5.95. The van der Waals surface area contributed by atoms with Gasteiger partial charge in [0.2, 0.25) is 0 Å². The Labute approximate surface area is 147 Å². The lowest BCUT2D eigenvalue weighted by Crippen LogP contribution is -2.08. The minimum Gasteiger partial charge on any atom is -0.462 e. The zero-order valence-electron chi connectivity index (χ0n) is 14.7. The molecule has 128 valence electrons. The first-order valence-corrected chi connectivity index (χ1v) is 8.35. The van der Waals surface area contributed by atoms with E-state index in [-0.39, 0.29) is 5.97 Å². The fourth-order valence-corrected chi connectivity index (χ4v) is 3.07. The van der Waals surface area contributed by atoms with Gasteiger partial charge in [-0.3, -0.25) is 0 Å². The van der Waals surface area contributed by atoms with Crippen molar-refractivity contribution in [2.75, 3.05) is 12.3 Å². The molecule has 0 amide bonds. The van der Waals surface area contributed by atoms with Crippen LogP contribution < -0.4 is 5.73 Å². The van der Waals surface area contributed by atoms with Crippen molar-refractivity contribution in [2.45, 2.75) is 20.8 Å². The van der Waals surface area contributed by atoms with Crippen LogP contribution in [0.5, 0.6) is 0 Å². The molecular weight excluding hydrogens is 312 g/mol. The first-order chi connectivity index (χ1) is 12.0. The van der Waals surface area contributed by atoms with E-state index in [0.29, 0.717) is 17.9 Å². The summed E-state index contributed by atoms with van der Waals surface area (Å²) in [6.07, 6.45) is 0. The maximum absolute atomic E-state index is 12.7. The summed E-state index contributed by atoms with van der Waals surface area (Å²) in [5, 5.41) is 0. The largest absolute Gasteiger partial charge is 0.462 e. The predicted octanol–water partition coefficient (Wildman–Crippen LogP) is 4.52. The van der Waals surface area contributed by atoms with Crippen LogP contribution in [0.15, 0.2) is 54.6 Å². The Bertz CT molecular complexity index is 894. The molecule has 0 saturated carbocycles. The summed E-state index contributed by atoms with van der Waals surface area (Å²) in [5.74, 6) is -0.295. The van der Waals surface area contributed by atoms with Crippen molar-refractivity contribution in [2.24, 2.45) is 0 Å². The van der Waals surface area contributed by atoms with Gasteiger partial charge in [-0.05, 0) is 56.2 Å². The first kappa shape index (κ1) is 16.8. The second kappa shape index (κ2) is 6.85. The minimum absolute atomic E-state index is 0.295. The zero-order valence-corrected chi connectivity index (χ0v) is 14.7. The number of nitrogen functional groups attached to an aromatic ring is 1. The fourth-order valence-electron chi connectivity index (χ4n) is 3.07.